The van der Waals surface area contributed by atoms with Gasteiger partial charge in [0.15, 0.2) is 0 Å². The first-order valence-corrected chi connectivity index (χ1v) is 6.82. The minimum absolute atomic E-state index is 0.0879. The Morgan fingerprint density at radius 1 is 1.25 bits per heavy atom. The summed E-state index contributed by atoms with van der Waals surface area (Å²) in [6, 6.07) is 0. The standard InChI is InChI=1S/C13H18N2O5/c1-17-13(3-6-18-7-4-13)12-14-11(20-15-12)9-8-19-5-2-10(9)16/h9H,2-8H2,1H3. The molecule has 3 heterocycles. The Morgan fingerprint density at radius 2 is 2.05 bits per heavy atom. The summed E-state index contributed by atoms with van der Waals surface area (Å²) in [5.74, 6) is 0.466. The van der Waals surface area contributed by atoms with Crippen molar-refractivity contribution in [3.05, 3.63) is 11.7 Å². The quantitative estimate of drug-likeness (QED) is 0.810. The Labute approximate surface area is 116 Å². The molecule has 1 aromatic rings. The summed E-state index contributed by atoms with van der Waals surface area (Å²) in [4.78, 5) is 16.3. The molecule has 110 valence electrons. The second-order valence-corrected chi connectivity index (χ2v) is 5.11. The van der Waals surface area contributed by atoms with Crippen LogP contribution in [-0.2, 0) is 24.6 Å². The number of Topliss-reactive ketones (excluding diaryl/α,β-unsaturated/α-hetero) is 1. The molecule has 3 rings (SSSR count). The molecule has 0 aromatic carbocycles. The van der Waals surface area contributed by atoms with Crippen molar-refractivity contribution in [1.82, 2.24) is 10.1 Å². The van der Waals surface area contributed by atoms with Crippen molar-refractivity contribution >= 4 is 5.78 Å². The van der Waals surface area contributed by atoms with E-state index in [1.165, 1.54) is 0 Å². The second-order valence-electron chi connectivity index (χ2n) is 5.11. The van der Waals surface area contributed by atoms with E-state index in [9.17, 15) is 4.79 Å². The Kier molecular flexibility index (Phi) is 3.82. The van der Waals surface area contributed by atoms with Gasteiger partial charge in [-0.2, -0.15) is 4.98 Å². The fraction of sp³-hybridized carbons (Fsp3) is 0.769. The van der Waals surface area contributed by atoms with E-state index in [1.807, 2.05) is 0 Å². The molecule has 2 saturated heterocycles. The molecule has 2 aliphatic rings. The van der Waals surface area contributed by atoms with Crippen LogP contribution in [0.5, 0.6) is 0 Å². The number of aromatic nitrogens is 2. The van der Waals surface area contributed by atoms with Gasteiger partial charge in [0.25, 0.3) is 0 Å². The maximum Gasteiger partial charge on any atom is 0.239 e. The third kappa shape index (κ3) is 2.36. The lowest BCUT2D eigenvalue weighted by Crippen LogP contribution is -2.36. The minimum atomic E-state index is -0.571. The van der Waals surface area contributed by atoms with Crippen LogP contribution < -0.4 is 0 Å². The molecular formula is C13H18N2O5. The molecule has 1 atom stereocenters. The van der Waals surface area contributed by atoms with E-state index in [1.54, 1.807) is 7.11 Å². The van der Waals surface area contributed by atoms with Crippen LogP contribution in [0.1, 0.15) is 36.9 Å². The molecule has 7 nitrogen and oxygen atoms in total. The maximum atomic E-state index is 11.9. The van der Waals surface area contributed by atoms with Crippen LogP contribution in [0.4, 0.5) is 0 Å². The van der Waals surface area contributed by atoms with E-state index in [4.69, 9.17) is 18.7 Å². The minimum Gasteiger partial charge on any atom is -0.381 e. The molecule has 0 N–H and O–H groups in total. The number of methoxy groups -OCH3 is 1. The molecule has 0 aliphatic carbocycles. The average molecular weight is 282 g/mol. The first-order chi connectivity index (χ1) is 9.75. The van der Waals surface area contributed by atoms with Gasteiger partial charge in [-0.25, -0.2) is 0 Å². The highest BCUT2D eigenvalue weighted by Crippen LogP contribution is 2.34. The molecular weight excluding hydrogens is 264 g/mol. The Morgan fingerprint density at radius 3 is 2.75 bits per heavy atom. The predicted octanol–water partition coefficient (Wildman–Crippen LogP) is 0.795. The van der Waals surface area contributed by atoms with Crippen molar-refractivity contribution in [2.24, 2.45) is 0 Å². The van der Waals surface area contributed by atoms with Gasteiger partial charge in [0.2, 0.25) is 11.7 Å². The van der Waals surface area contributed by atoms with Gasteiger partial charge in [0.05, 0.1) is 13.2 Å². The van der Waals surface area contributed by atoms with Crippen molar-refractivity contribution < 1.29 is 23.5 Å². The van der Waals surface area contributed by atoms with Gasteiger partial charge in [-0.05, 0) is 0 Å². The van der Waals surface area contributed by atoms with E-state index >= 15 is 0 Å². The number of rotatable bonds is 3. The molecule has 0 bridgehead atoms. The fourth-order valence-corrected chi connectivity index (χ4v) is 2.63. The largest absolute Gasteiger partial charge is 0.381 e. The van der Waals surface area contributed by atoms with Crippen molar-refractivity contribution in [2.45, 2.75) is 30.8 Å². The number of nitrogens with zero attached hydrogens (tertiary/aromatic N) is 2. The van der Waals surface area contributed by atoms with Crippen LogP contribution in [0, 0.1) is 0 Å². The van der Waals surface area contributed by atoms with Gasteiger partial charge in [-0.15, -0.1) is 0 Å². The lowest BCUT2D eigenvalue weighted by atomic mass is 9.93. The molecule has 0 spiro atoms. The molecule has 2 aliphatic heterocycles. The molecule has 1 unspecified atom stereocenters. The van der Waals surface area contributed by atoms with Gasteiger partial charge in [0, 0.05) is 39.6 Å². The van der Waals surface area contributed by atoms with E-state index in [-0.39, 0.29) is 5.78 Å². The molecule has 20 heavy (non-hydrogen) atoms. The van der Waals surface area contributed by atoms with Gasteiger partial charge in [-0.3, -0.25) is 4.79 Å². The summed E-state index contributed by atoms with van der Waals surface area (Å²) in [6.45, 7) is 1.98. The van der Waals surface area contributed by atoms with E-state index in [0.29, 0.717) is 57.4 Å². The van der Waals surface area contributed by atoms with E-state index in [0.717, 1.165) is 0 Å². The van der Waals surface area contributed by atoms with Gasteiger partial charge < -0.3 is 18.7 Å². The molecule has 2 fully saturated rings. The third-order valence-corrected chi connectivity index (χ3v) is 4.00. The normalized spacial score (nSPS) is 26.6. The monoisotopic (exact) mass is 282 g/mol. The van der Waals surface area contributed by atoms with E-state index in [2.05, 4.69) is 10.1 Å². The van der Waals surface area contributed by atoms with Crippen LogP contribution in [-0.4, -0.2) is 49.5 Å². The summed E-state index contributed by atoms with van der Waals surface area (Å²) in [7, 11) is 1.64. The van der Waals surface area contributed by atoms with Gasteiger partial charge in [0.1, 0.15) is 17.3 Å². The molecule has 7 heteroatoms. The van der Waals surface area contributed by atoms with Crippen molar-refractivity contribution in [1.29, 1.82) is 0 Å². The highest BCUT2D eigenvalue weighted by molar-refractivity contribution is 5.85. The Bertz CT molecular complexity index is 481. The summed E-state index contributed by atoms with van der Waals surface area (Å²) in [5.41, 5.74) is -0.571. The number of carbonyl (C=O) groups is 1. The average Bonchev–Trinajstić information content (AvgIpc) is 2.98. The summed E-state index contributed by atoms with van der Waals surface area (Å²) in [5, 5.41) is 4.02. The molecule has 1 aromatic heterocycles. The number of ether oxygens (including phenoxy) is 3. The van der Waals surface area contributed by atoms with Crippen LogP contribution in [0.3, 0.4) is 0 Å². The lowest BCUT2D eigenvalue weighted by molar-refractivity contribution is -0.127. The zero-order chi connectivity index (χ0) is 14.0. The summed E-state index contributed by atoms with van der Waals surface area (Å²) < 4.78 is 21.5. The zero-order valence-corrected chi connectivity index (χ0v) is 11.5. The molecule has 0 saturated carbocycles. The first kappa shape index (κ1) is 13.7. The number of carbonyl (C=O) groups excluding carboxylic acids is 1. The smallest absolute Gasteiger partial charge is 0.239 e. The molecule has 0 radical (unpaired) electrons. The number of ketones is 1. The van der Waals surface area contributed by atoms with Crippen LogP contribution in [0.25, 0.3) is 0 Å². The topological polar surface area (TPSA) is 83.7 Å². The summed E-state index contributed by atoms with van der Waals surface area (Å²) in [6.07, 6.45) is 1.75. The van der Waals surface area contributed by atoms with Gasteiger partial charge >= 0.3 is 0 Å². The van der Waals surface area contributed by atoms with Crippen LogP contribution in [0.2, 0.25) is 0 Å². The lowest BCUT2D eigenvalue weighted by Gasteiger charge is -2.32. The third-order valence-electron chi connectivity index (χ3n) is 4.00. The SMILES string of the molecule is COC1(c2noc(C3COCCC3=O)n2)CCOCC1. The maximum absolute atomic E-state index is 11.9. The highest BCUT2D eigenvalue weighted by atomic mass is 16.5. The Hall–Kier alpha value is -1.31. The Balaban J connectivity index is 1.83. The van der Waals surface area contributed by atoms with Crippen LogP contribution in [0.15, 0.2) is 4.52 Å². The van der Waals surface area contributed by atoms with E-state index < -0.39 is 11.5 Å². The molecule has 0 amide bonds. The van der Waals surface area contributed by atoms with Crippen molar-refractivity contribution in [2.75, 3.05) is 33.5 Å². The second kappa shape index (κ2) is 5.59. The van der Waals surface area contributed by atoms with Gasteiger partial charge in [-0.1, -0.05) is 5.16 Å². The number of hydrogen-bond acceptors (Lipinski definition) is 7. The van der Waals surface area contributed by atoms with Crippen LogP contribution >= 0.6 is 0 Å². The van der Waals surface area contributed by atoms with Crippen molar-refractivity contribution in [3.63, 3.8) is 0 Å². The zero-order valence-electron chi connectivity index (χ0n) is 11.5. The first-order valence-electron chi connectivity index (χ1n) is 6.82. The predicted molar refractivity (Wildman–Crippen MR) is 66.2 cm³/mol. The fourth-order valence-electron chi connectivity index (χ4n) is 2.63. The highest BCUT2D eigenvalue weighted by Gasteiger charge is 2.40. The van der Waals surface area contributed by atoms with Crippen molar-refractivity contribution in [3.8, 4) is 0 Å². The number of hydrogen-bond donors (Lipinski definition) is 0. The summed E-state index contributed by atoms with van der Waals surface area (Å²) >= 11 is 0.